The molecular weight excluding hydrogens is 332 g/mol. The smallest absolute Gasteiger partial charge is 0.283 e. The number of hydrogen-bond donors (Lipinski definition) is 2. The molecule has 1 heterocycles. The molecule has 0 spiro atoms. The van der Waals surface area contributed by atoms with Gasteiger partial charge in [-0.3, -0.25) is 4.72 Å². The van der Waals surface area contributed by atoms with E-state index in [0.29, 0.717) is 16.8 Å². The van der Waals surface area contributed by atoms with Crippen LogP contribution in [-0.4, -0.2) is 22.8 Å². The van der Waals surface area contributed by atoms with Gasteiger partial charge in [-0.1, -0.05) is 0 Å². The number of nitrogens with zero attached hydrogens (tertiary/aromatic N) is 3. The summed E-state index contributed by atoms with van der Waals surface area (Å²) in [5.41, 5.74) is -2.67. The third kappa shape index (κ3) is 2.81. The fourth-order valence-corrected chi connectivity index (χ4v) is 2.11. The summed E-state index contributed by atoms with van der Waals surface area (Å²) in [5, 5.41) is 3.46. The summed E-state index contributed by atoms with van der Waals surface area (Å²) < 4.78 is 75.6. The minimum atomic E-state index is -3.25. The van der Waals surface area contributed by atoms with E-state index in [1.54, 1.807) is 4.72 Å². The van der Waals surface area contributed by atoms with Crippen molar-refractivity contribution in [3.63, 3.8) is 0 Å². The van der Waals surface area contributed by atoms with Crippen LogP contribution in [0.2, 0.25) is 0 Å². The van der Waals surface area contributed by atoms with Gasteiger partial charge in [0, 0.05) is 6.07 Å². The summed E-state index contributed by atoms with van der Waals surface area (Å²) >= 11 is 0. The van der Waals surface area contributed by atoms with Crippen molar-refractivity contribution < 1.29 is 26.0 Å². The Morgan fingerprint density at radius 2 is 1.86 bits per heavy atom. The van der Waals surface area contributed by atoms with Crippen LogP contribution < -0.4 is 10.4 Å². The molecule has 12 heteroatoms. The highest BCUT2D eigenvalue weighted by atomic mass is 32.2. The minimum Gasteiger partial charge on any atom is -0.283 e. The Bertz CT molecular complexity index is 851. The van der Waals surface area contributed by atoms with Gasteiger partial charge in [0.25, 0.3) is 0 Å². The standard InChI is InChI=1S/C10H8F4N4O3S/c1-4-15-18(10(19)17(4)9(13)14)8-3-7(16-22(20)21)5(11)2-6(8)12/h2-3,9,22H,1H3,(H,16,20,21). The first kappa shape index (κ1) is 16.0. The Morgan fingerprint density at radius 3 is 2.36 bits per heavy atom. The maximum atomic E-state index is 13.8. The molecule has 0 amide bonds. The van der Waals surface area contributed by atoms with Crippen molar-refractivity contribution >= 4 is 16.6 Å². The van der Waals surface area contributed by atoms with Gasteiger partial charge in [0.05, 0.1) is 5.69 Å². The van der Waals surface area contributed by atoms with E-state index in [-0.39, 0.29) is 4.57 Å². The molecule has 0 saturated carbocycles. The molecule has 0 fully saturated rings. The normalized spacial score (nSPS) is 11.4. The number of rotatable bonds is 4. The van der Waals surface area contributed by atoms with Crippen LogP contribution in [-0.2, 0) is 10.9 Å². The highest BCUT2D eigenvalue weighted by molar-refractivity contribution is 7.73. The molecule has 2 rings (SSSR count). The van der Waals surface area contributed by atoms with Crippen LogP contribution in [0.5, 0.6) is 0 Å². The van der Waals surface area contributed by atoms with Crippen LogP contribution in [0, 0.1) is 18.6 Å². The van der Waals surface area contributed by atoms with Crippen molar-refractivity contribution in [1.82, 2.24) is 14.3 Å². The molecule has 0 saturated heterocycles. The topological polar surface area (TPSA) is 86.0 Å². The highest BCUT2D eigenvalue weighted by Gasteiger charge is 2.21. The van der Waals surface area contributed by atoms with Crippen molar-refractivity contribution in [3.05, 3.63) is 40.1 Å². The number of thiol groups is 1. The van der Waals surface area contributed by atoms with Gasteiger partial charge in [-0.15, -0.1) is 5.10 Å². The quantitative estimate of drug-likeness (QED) is 0.641. The van der Waals surface area contributed by atoms with Crippen molar-refractivity contribution in [1.29, 1.82) is 0 Å². The molecule has 1 N–H and O–H groups in total. The summed E-state index contributed by atoms with van der Waals surface area (Å²) in [6.07, 6.45) is 0. The first-order chi connectivity index (χ1) is 10.2. The Hall–Kier alpha value is -2.37. The number of hydrogen-bond acceptors (Lipinski definition) is 4. The van der Waals surface area contributed by atoms with Gasteiger partial charge in [0.15, 0.2) is 5.82 Å². The lowest BCUT2D eigenvalue weighted by Crippen LogP contribution is -2.25. The Kier molecular flexibility index (Phi) is 4.21. The zero-order chi connectivity index (χ0) is 16.6. The fourth-order valence-electron chi connectivity index (χ4n) is 1.74. The van der Waals surface area contributed by atoms with Gasteiger partial charge in [-0.25, -0.2) is 26.6 Å². The van der Waals surface area contributed by atoms with E-state index in [9.17, 15) is 30.8 Å². The lowest BCUT2D eigenvalue weighted by molar-refractivity contribution is 0.0640. The summed E-state index contributed by atoms with van der Waals surface area (Å²) in [6.45, 7) is -2.10. The second-order valence-electron chi connectivity index (χ2n) is 4.04. The maximum Gasteiger partial charge on any atom is 0.355 e. The van der Waals surface area contributed by atoms with Gasteiger partial charge in [-0.2, -0.15) is 13.5 Å². The van der Waals surface area contributed by atoms with Crippen LogP contribution >= 0.6 is 0 Å². The summed E-state index contributed by atoms with van der Waals surface area (Å²) in [5.74, 6) is -2.91. The van der Waals surface area contributed by atoms with Crippen molar-refractivity contribution in [2.24, 2.45) is 0 Å². The monoisotopic (exact) mass is 340 g/mol. The van der Waals surface area contributed by atoms with Gasteiger partial charge < -0.3 is 0 Å². The number of benzene rings is 1. The van der Waals surface area contributed by atoms with E-state index in [0.717, 1.165) is 6.92 Å². The summed E-state index contributed by atoms with van der Waals surface area (Å²) in [6, 6.07) is 0.944. The molecule has 0 radical (unpaired) electrons. The number of aromatic nitrogens is 3. The zero-order valence-electron chi connectivity index (χ0n) is 10.8. The molecular formula is C10H8F4N4O3S. The van der Waals surface area contributed by atoms with Gasteiger partial charge in [0.1, 0.15) is 17.3 Å². The Balaban J connectivity index is 2.68. The average Bonchev–Trinajstić information content (AvgIpc) is 2.67. The van der Waals surface area contributed by atoms with E-state index in [4.69, 9.17) is 0 Å². The maximum absolute atomic E-state index is 13.8. The first-order valence-corrected chi connectivity index (χ1v) is 6.77. The van der Waals surface area contributed by atoms with Gasteiger partial charge >= 0.3 is 12.2 Å². The van der Waals surface area contributed by atoms with Crippen LogP contribution in [0.4, 0.5) is 23.2 Å². The molecule has 7 nitrogen and oxygen atoms in total. The van der Waals surface area contributed by atoms with E-state index in [2.05, 4.69) is 5.10 Å². The van der Waals surface area contributed by atoms with E-state index in [1.165, 1.54) is 0 Å². The van der Waals surface area contributed by atoms with Crippen LogP contribution in [0.15, 0.2) is 16.9 Å². The zero-order valence-corrected chi connectivity index (χ0v) is 11.7. The molecule has 0 bridgehead atoms. The number of alkyl halides is 2. The highest BCUT2D eigenvalue weighted by Crippen LogP contribution is 2.22. The van der Waals surface area contributed by atoms with E-state index < -0.39 is 52.0 Å². The summed E-state index contributed by atoms with van der Waals surface area (Å²) in [4.78, 5) is 11.8. The van der Waals surface area contributed by atoms with E-state index in [1.807, 2.05) is 0 Å². The number of halogens is 4. The van der Waals surface area contributed by atoms with Crippen LogP contribution in [0.25, 0.3) is 5.69 Å². The molecule has 120 valence electrons. The van der Waals surface area contributed by atoms with Crippen molar-refractivity contribution in [2.45, 2.75) is 13.5 Å². The third-order valence-corrected chi connectivity index (χ3v) is 3.08. The summed E-state index contributed by atoms with van der Waals surface area (Å²) in [7, 11) is -3.25. The second kappa shape index (κ2) is 5.79. The number of anilines is 1. The SMILES string of the molecule is Cc1nn(-c2cc(N[SH](=O)=O)c(F)cc2F)c(=O)n1C(F)F. The molecule has 1 aromatic heterocycles. The first-order valence-electron chi connectivity index (χ1n) is 5.59. The predicted molar refractivity (Wildman–Crippen MR) is 67.7 cm³/mol. The van der Waals surface area contributed by atoms with Crippen molar-refractivity contribution in [2.75, 3.05) is 4.72 Å². The van der Waals surface area contributed by atoms with Crippen LogP contribution in [0.1, 0.15) is 12.4 Å². The molecule has 22 heavy (non-hydrogen) atoms. The molecule has 0 atom stereocenters. The molecule has 0 aliphatic rings. The Morgan fingerprint density at radius 1 is 1.23 bits per heavy atom. The van der Waals surface area contributed by atoms with Crippen LogP contribution in [0.3, 0.4) is 0 Å². The Labute approximate surface area is 121 Å². The van der Waals surface area contributed by atoms with Gasteiger partial charge in [0.2, 0.25) is 10.9 Å². The third-order valence-electron chi connectivity index (χ3n) is 2.65. The fraction of sp³-hybridized carbons (Fsp3) is 0.200. The average molecular weight is 340 g/mol. The van der Waals surface area contributed by atoms with Crippen molar-refractivity contribution in [3.8, 4) is 5.69 Å². The second-order valence-corrected chi connectivity index (χ2v) is 4.78. The lowest BCUT2D eigenvalue weighted by atomic mass is 10.2. The molecule has 0 unspecified atom stereocenters. The lowest BCUT2D eigenvalue weighted by Gasteiger charge is -2.06. The largest absolute Gasteiger partial charge is 0.355 e. The minimum absolute atomic E-state index is 0.00395. The number of nitrogens with one attached hydrogen (secondary N) is 1. The molecule has 0 aliphatic heterocycles. The molecule has 2 aromatic rings. The predicted octanol–water partition coefficient (Wildman–Crippen LogP) is 0.954. The van der Waals surface area contributed by atoms with Gasteiger partial charge in [-0.05, 0) is 13.0 Å². The van der Waals surface area contributed by atoms with E-state index >= 15 is 0 Å². The molecule has 0 aliphatic carbocycles. The number of aryl methyl sites for hydroxylation is 1. The molecule has 1 aromatic carbocycles.